The van der Waals surface area contributed by atoms with Crippen LogP contribution < -0.4 is 5.32 Å². The van der Waals surface area contributed by atoms with Crippen LogP contribution in [0, 0.1) is 23.2 Å². The van der Waals surface area contributed by atoms with Crippen LogP contribution in [0.5, 0.6) is 0 Å². The van der Waals surface area contributed by atoms with Gasteiger partial charge in [-0.05, 0) is 53.0 Å². The molecule has 4 nitrogen and oxygen atoms in total. The summed E-state index contributed by atoms with van der Waals surface area (Å²) < 4.78 is 0. The number of nitrogens with one attached hydrogen (secondary N) is 1. The number of aromatic carboxylic acids is 1. The van der Waals surface area contributed by atoms with E-state index < -0.39 is 5.97 Å². The van der Waals surface area contributed by atoms with E-state index >= 15 is 0 Å². The van der Waals surface area contributed by atoms with Gasteiger partial charge in [-0.25, -0.2) is 4.79 Å². The summed E-state index contributed by atoms with van der Waals surface area (Å²) in [6, 6.07) is 1.66. The zero-order chi connectivity index (χ0) is 17.9. The average Bonchev–Trinajstić information content (AvgIpc) is 2.88. The summed E-state index contributed by atoms with van der Waals surface area (Å²) in [5.41, 5.74) is 1.49. The Balaban J connectivity index is 2.19. The topological polar surface area (TPSA) is 66.4 Å². The molecule has 0 radical (unpaired) electrons. The first-order valence-electron chi connectivity index (χ1n) is 8.02. The summed E-state index contributed by atoms with van der Waals surface area (Å²) in [7, 11) is 0. The van der Waals surface area contributed by atoms with E-state index in [1.807, 2.05) is 20.8 Å². The largest absolute Gasteiger partial charge is 0.477 e. The predicted molar refractivity (Wildman–Crippen MR) is 97.3 cm³/mol. The van der Waals surface area contributed by atoms with Crippen LogP contribution in [0.2, 0.25) is 0 Å². The Hall–Kier alpha value is -2.06. The minimum Gasteiger partial charge on any atom is -0.477 e. The van der Waals surface area contributed by atoms with Gasteiger partial charge in [-0.3, -0.25) is 4.79 Å². The van der Waals surface area contributed by atoms with E-state index in [1.165, 1.54) is 5.57 Å². The molecule has 1 heterocycles. The first kappa shape index (κ1) is 18.3. The van der Waals surface area contributed by atoms with E-state index in [1.54, 1.807) is 6.07 Å². The second-order valence-electron chi connectivity index (χ2n) is 7.17. The molecule has 1 aliphatic rings. The van der Waals surface area contributed by atoms with Gasteiger partial charge in [-0.1, -0.05) is 23.5 Å². The number of rotatable bonds is 3. The molecule has 0 saturated heterocycles. The Morgan fingerprint density at radius 2 is 2.08 bits per heavy atom. The van der Waals surface area contributed by atoms with E-state index in [-0.39, 0.29) is 22.1 Å². The molecular formula is C19H23NO3S. The van der Waals surface area contributed by atoms with Crippen molar-refractivity contribution in [2.75, 3.05) is 5.32 Å². The lowest BCUT2D eigenvalue weighted by molar-refractivity contribution is -0.120. The highest BCUT2D eigenvalue weighted by Gasteiger charge is 2.23. The van der Waals surface area contributed by atoms with Crippen molar-refractivity contribution in [3.63, 3.8) is 0 Å². The Labute approximate surface area is 147 Å². The van der Waals surface area contributed by atoms with Gasteiger partial charge in [0.05, 0.1) is 10.6 Å². The first-order valence-corrected chi connectivity index (χ1v) is 8.84. The molecule has 1 aromatic rings. The Morgan fingerprint density at radius 1 is 1.38 bits per heavy atom. The smallest absolute Gasteiger partial charge is 0.348 e. The van der Waals surface area contributed by atoms with Crippen LogP contribution in [0.25, 0.3) is 0 Å². The molecule has 24 heavy (non-hydrogen) atoms. The van der Waals surface area contributed by atoms with Crippen LogP contribution in [0.3, 0.4) is 0 Å². The molecule has 1 aromatic heterocycles. The van der Waals surface area contributed by atoms with Gasteiger partial charge in [0, 0.05) is 11.3 Å². The lowest BCUT2D eigenvalue weighted by Crippen LogP contribution is -2.24. The highest BCUT2D eigenvalue weighted by Crippen LogP contribution is 2.30. The lowest BCUT2D eigenvalue weighted by atomic mass is 9.89. The summed E-state index contributed by atoms with van der Waals surface area (Å²) in [6.45, 7) is 8.04. The molecular weight excluding hydrogens is 322 g/mol. The molecule has 1 aliphatic carbocycles. The lowest BCUT2D eigenvalue weighted by Gasteiger charge is -2.19. The maximum atomic E-state index is 12.4. The second kappa shape index (κ2) is 7.23. The van der Waals surface area contributed by atoms with Crippen LogP contribution in [-0.2, 0) is 4.79 Å². The zero-order valence-corrected chi connectivity index (χ0v) is 15.3. The third kappa shape index (κ3) is 4.97. The fraction of sp³-hybridized carbons (Fsp3) is 0.474. The fourth-order valence-electron chi connectivity index (χ4n) is 2.39. The second-order valence-corrected chi connectivity index (χ2v) is 8.22. The number of anilines is 1. The number of hydrogen-bond acceptors (Lipinski definition) is 3. The van der Waals surface area contributed by atoms with Gasteiger partial charge in [0.25, 0.3) is 0 Å². The molecule has 2 N–H and O–H groups in total. The van der Waals surface area contributed by atoms with E-state index in [9.17, 15) is 14.7 Å². The van der Waals surface area contributed by atoms with Crippen molar-refractivity contribution in [3.05, 3.63) is 27.5 Å². The van der Waals surface area contributed by atoms with Gasteiger partial charge >= 0.3 is 5.97 Å². The Morgan fingerprint density at radius 3 is 2.62 bits per heavy atom. The minimum atomic E-state index is -1.04. The maximum Gasteiger partial charge on any atom is 0.348 e. The van der Waals surface area contributed by atoms with E-state index in [4.69, 9.17) is 0 Å². The summed E-state index contributed by atoms with van der Waals surface area (Å²) in [6.07, 6.45) is 4.51. The molecule has 5 heteroatoms. The Kier molecular flexibility index (Phi) is 5.51. The average molecular weight is 345 g/mol. The van der Waals surface area contributed by atoms with Gasteiger partial charge < -0.3 is 10.4 Å². The molecule has 0 bridgehead atoms. The summed E-state index contributed by atoms with van der Waals surface area (Å²) in [5, 5.41) is 12.2. The minimum absolute atomic E-state index is 0.0978. The number of allylic oxidation sites excluding steroid dienone is 2. The number of thiophene rings is 1. The van der Waals surface area contributed by atoms with Gasteiger partial charge in [0.2, 0.25) is 5.91 Å². The SMILES string of the molecule is CC1=CC[C@@H](C(=O)Nc2cc(C#CC(C)(C)C)sc2C(=O)O)CC1. The highest BCUT2D eigenvalue weighted by atomic mass is 32.1. The van der Waals surface area contributed by atoms with Crippen LogP contribution in [-0.4, -0.2) is 17.0 Å². The van der Waals surface area contributed by atoms with Crippen molar-refractivity contribution in [1.82, 2.24) is 0 Å². The van der Waals surface area contributed by atoms with Crippen LogP contribution in [0.15, 0.2) is 17.7 Å². The van der Waals surface area contributed by atoms with Gasteiger partial charge in [0.1, 0.15) is 4.88 Å². The third-order valence-corrected chi connectivity index (χ3v) is 4.79. The summed E-state index contributed by atoms with van der Waals surface area (Å²) in [5.74, 6) is 4.83. The van der Waals surface area contributed by atoms with Crippen molar-refractivity contribution in [3.8, 4) is 11.8 Å². The normalized spacial score (nSPS) is 17.5. The van der Waals surface area contributed by atoms with E-state index in [0.717, 1.165) is 24.2 Å². The molecule has 0 fully saturated rings. The fourth-order valence-corrected chi connectivity index (χ4v) is 3.20. The highest BCUT2D eigenvalue weighted by molar-refractivity contribution is 7.15. The van der Waals surface area contributed by atoms with Gasteiger partial charge in [-0.15, -0.1) is 11.3 Å². The van der Waals surface area contributed by atoms with Crippen molar-refractivity contribution in [2.45, 2.75) is 47.0 Å². The molecule has 0 spiro atoms. The van der Waals surface area contributed by atoms with Gasteiger partial charge in [0.15, 0.2) is 0 Å². The molecule has 128 valence electrons. The van der Waals surface area contributed by atoms with E-state index in [2.05, 4.69) is 30.2 Å². The number of carboxylic acid groups (broad SMARTS) is 1. The molecule has 1 amide bonds. The zero-order valence-electron chi connectivity index (χ0n) is 14.5. The molecule has 0 unspecified atom stereocenters. The van der Waals surface area contributed by atoms with Crippen LogP contribution in [0.4, 0.5) is 5.69 Å². The number of amides is 1. The number of hydrogen-bond donors (Lipinski definition) is 2. The van der Waals surface area contributed by atoms with Crippen molar-refractivity contribution < 1.29 is 14.7 Å². The number of carbonyl (C=O) groups excluding carboxylic acids is 1. The van der Waals surface area contributed by atoms with E-state index in [0.29, 0.717) is 17.0 Å². The van der Waals surface area contributed by atoms with Crippen molar-refractivity contribution in [1.29, 1.82) is 0 Å². The molecule has 0 aliphatic heterocycles. The Bertz CT molecular complexity index is 741. The third-order valence-electron chi connectivity index (χ3n) is 3.75. The molecule has 2 rings (SSSR count). The monoisotopic (exact) mass is 345 g/mol. The number of carboxylic acids is 1. The molecule has 1 atom stereocenters. The summed E-state index contributed by atoms with van der Waals surface area (Å²) >= 11 is 1.10. The van der Waals surface area contributed by atoms with Crippen molar-refractivity contribution >= 4 is 28.9 Å². The van der Waals surface area contributed by atoms with Gasteiger partial charge in [-0.2, -0.15) is 0 Å². The molecule has 0 saturated carbocycles. The summed E-state index contributed by atoms with van der Waals surface area (Å²) in [4.78, 5) is 24.6. The predicted octanol–water partition coefficient (Wildman–Crippen LogP) is 4.53. The maximum absolute atomic E-state index is 12.4. The standard InChI is InChI=1S/C19H23NO3S/c1-12-5-7-13(8-6-12)17(21)20-15-11-14(9-10-19(2,3)4)24-16(15)18(22)23/h5,11,13H,6-8H2,1-4H3,(H,20,21)(H,22,23)/t13-/m1/s1. The van der Waals surface area contributed by atoms with Crippen LogP contribution >= 0.6 is 11.3 Å². The first-order chi connectivity index (χ1) is 11.2. The quantitative estimate of drug-likeness (QED) is 0.625. The van der Waals surface area contributed by atoms with Crippen LogP contribution in [0.1, 0.15) is 61.5 Å². The van der Waals surface area contributed by atoms with Crippen molar-refractivity contribution in [2.24, 2.45) is 11.3 Å². The molecule has 0 aromatic carbocycles. The number of carbonyl (C=O) groups is 2.